The van der Waals surface area contributed by atoms with E-state index < -0.39 is 0 Å². The lowest BCUT2D eigenvalue weighted by Crippen LogP contribution is -2.41. The second kappa shape index (κ2) is 4.41. The molecule has 1 aliphatic carbocycles. The molecule has 1 atom stereocenters. The van der Waals surface area contributed by atoms with E-state index in [-0.39, 0.29) is 18.3 Å². The third-order valence-electron chi connectivity index (χ3n) is 4.32. The molecule has 0 bridgehead atoms. The van der Waals surface area contributed by atoms with Gasteiger partial charge in [-0.05, 0) is 59.5 Å². The summed E-state index contributed by atoms with van der Waals surface area (Å²) in [6.07, 6.45) is 5.79. The third kappa shape index (κ3) is 2.44. The molecule has 1 saturated heterocycles. The Hall–Kier alpha value is -0.315. The molecular formula is C13H24BNO2. The lowest BCUT2D eigenvalue weighted by Gasteiger charge is -2.32. The molecule has 96 valence electrons. The van der Waals surface area contributed by atoms with E-state index in [4.69, 9.17) is 9.31 Å². The normalized spacial score (nSPS) is 31.5. The summed E-state index contributed by atoms with van der Waals surface area (Å²) in [5, 5.41) is 3.31. The molecule has 0 aromatic carbocycles. The first-order valence-corrected chi connectivity index (χ1v) is 6.59. The molecule has 3 nitrogen and oxygen atoms in total. The van der Waals surface area contributed by atoms with Crippen LogP contribution in [0, 0.1) is 0 Å². The van der Waals surface area contributed by atoms with Gasteiger partial charge in [-0.15, -0.1) is 0 Å². The Kier molecular flexibility index (Phi) is 3.41. The topological polar surface area (TPSA) is 30.5 Å². The molecular weight excluding hydrogens is 213 g/mol. The fraction of sp³-hybridized carbons (Fsp3) is 0.846. The van der Waals surface area contributed by atoms with Crippen molar-refractivity contribution in [1.29, 1.82) is 0 Å². The highest BCUT2D eigenvalue weighted by Crippen LogP contribution is 2.40. The Balaban J connectivity index is 2.13. The van der Waals surface area contributed by atoms with Gasteiger partial charge in [0.05, 0.1) is 11.2 Å². The van der Waals surface area contributed by atoms with Gasteiger partial charge in [0.1, 0.15) is 0 Å². The van der Waals surface area contributed by atoms with Crippen molar-refractivity contribution in [2.24, 2.45) is 0 Å². The molecule has 0 spiro atoms. The maximum atomic E-state index is 6.08. The standard InChI is InChI=1S/C13H24BNO2/c1-12(2)13(3,4)17-14(16-12)10-7-6-8-11(9-10)15-5/h9,11,15H,6-8H2,1-5H3/t11-/m0/s1. The molecule has 4 heteroatoms. The number of hydrogen-bond donors (Lipinski definition) is 1. The van der Waals surface area contributed by atoms with Crippen molar-refractivity contribution in [3.8, 4) is 0 Å². The first-order valence-electron chi connectivity index (χ1n) is 6.59. The minimum atomic E-state index is -0.231. The molecule has 0 aromatic heterocycles. The summed E-state index contributed by atoms with van der Waals surface area (Å²) in [5.41, 5.74) is 0.838. The van der Waals surface area contributed by atoms with Crippen LogP contribution in [0.4, 0.5) is 0 Å². The van der Waals surface area contributed by atoms with Crippen LogP contribution in [-0.4, -0.2) is 31.4 Å². The van der Waals surface area contributed by atoms with Gasteiger partial charge in [-0.25, -0.2) is 0 Å². The van der Waals surface area contributed by atoms with E-state index in [1.807, 2.05) is 7.05 Å². The van der Waals surface area contributed by atoms with E-state index >= 15 is 0 Å². The maximum absolute atomic E-state index is 6.08. The zero-order chi connectivity index (χ0) is 12.7. The fourth-order valence-corrected chi connectivity index (χ4v) is 2.37. The first kappa shape index (κ1) is 13.1. The summed E-state index contributed by atoms with van der Waals surface area (Å²) in [6.45, 7) is 8.41. The minimum Gasteiger partial charge on any atom is -0.400 e. The molecule has 1 N–H and O–H groups in total. The molecule has 2 rings (SSSR count). The molecule has 2 aliphatic rings. The maximum Gasteiger partial charge on any atom is 0.490 e. The summed E-state index contributed by atoms with van der Waals surface area (Å²) in [4.78, 5) is 0. The fourth-order valence-electron chi connectivity index (χ4n) is 2.37. The Morgan fingerprint density at radius 2 is 1.82 bits per heavy atom. The van der Waals surface area contributed by atoms with Crippen LogP contribution < -0.4 is 5.32 Å². The van der Waals surface area contributed by atoms with Crippen LogP contribution in [0.25, 0.3) is 0 Å². The van der Waals surface area contributed by atoms with Gasteiger partial charge >= 0.3 is 7.12 Å². The van der Waals surface area contributed by atoms with E-state index in [1.54, 1.807) is 0 Å². The van der Waals surface area contributed by atoms with Gasteiger partial charge in [-0.2, -0.15) is 0 Å². The zero-order valence-corrected chi connectivity index (χ0v) is 11.7. The van der Waals surface area contributed by atoms with Crippen LogP contribution in [0.5, 0.6) is 0 Å². The van der Waals surface area contributed by atoms with E-state index in [2.05, 4.69) is 39.1 Å². The summed E-state index contributed by atoms with van der Waals surface area (Å²) >= 11 is 0. The van der Waals surface area contributed by atoms with Gasteiger partial charge < -0.3 is 14.6 Å². The lowest BCUT2D eigenvalue weighted by molar-refractivity contribution is 0.00578. The average molecular weight is 237 g/mol. The van der Waals surface area contributed by atoms with Crippen LogP contribution in [0.1, 0.15) is 47.0 Å². The highest BCUT2D eigenvalue weighted by Gasteiger charge is 2.52. The van der Waals surface area contributed by atoms with E-state index in [9.17, 15) is 0 Å². The minimum absolute atomic E-state index is 0.156. The van der Waals surface area contributed by atoms with Crippen molar-refractivity contribution in [2.75, 3.05) is 7.05 Å². The van der Waals surface area contributed by atoms with Gasteiger partial charge in [0.25, 0.3) is 0 Å². The van der Waals surface area contributed by atoms with Crippen LogP contribution >= 0.6 is 0 Å². The van der Waals surface area contributed by atoms with Crippen LogP contribution in [0.15, 0.2) is 11.5 Å². The molecule has 1 aliphatic heterocycles. The van der Waals surface area contributed by atoms with Gasteiger partial charge in [0.15, 0.2) is 0 Å². The van der Waals surface area contributed by atoms with Crippen molar-refractivity contribution in [2.45, 2.75) is 64.2 Å². The smallest absolute Gasteiger partial charge is 0.400 e. The predicted octanol–water partition coefficient (Wildman–Crippen LogP) is 2.32. The van der Waals surface area contributed by atoms with Gasteiger partial charge in [-0.3, -0.25) is 0 Å². The largest absolute Gasteiger partial charge is 0.490 e. The lowest BCUT2D eigenvalue weighted by atomic mass is 9.72. The van der Waals surface area contributed by atoms with Crippen LogP contribution in [-0.2, 0) is 9.31 Å². The molecule has 0 amide bonds. The number of rotatable bonds is 2. The second-order valence-electron chi connectivity index (χ2n) is 6.12. The summed E-state index contributed by atoms with van der Waals surface area (Å²) < 4.78 is 12.2. The average Bonchev–Trinajstić information content (AvgIpc) is 2.48. The predicted molar refractivity (Wildman–Crippen MR) is 70.9 cm³/mol. The van der Waals surface area contributed by atoms with Crippen molar-refractivity contribution < 1.29 is 9.31 Å². The number of nitrogens with one attached hydrogen (secondary N) is 1. The second-order valence-corrected chi connectivity index (χ2v) is 6.12. The number of allylic oxidation sites excluding steroid dienone is 1. The number of hydrogen-bond acceptors (Lipinski definition) is 3. The Morgan fingerprint density at radius 1 is 1.24 bits per heavy atom. The van der Waals surface area contributed by atoms with Crippen LogP contribution in [0.3, 0.4) is 0 Å². The van der Waals surface area contributed by atoms with Crippen LogP contribution in [0.2, 0.25) is 0 Å². The Morgan fingerprint density at radius 3 is 2.35 bits per heavy atom. The zero-order valence-electron chi connectivity index (χ0n) is 11.7. The molecule has 0 aromatic rings. The van der Waals surface area contributed by atoms with Crippen molar-refractivity contribution in [1.82, 2.24) is 5.32 Å². The Bertz CT molecular complexity index is 309. The molecule has 0 radical (unpaired) electrons. The Labute approximate surface area is 105 Å². The third-order valence-corrected chi connectivity index (χ3v) is 4.32. The quantitative estimate of drug-likeness (QED) is 0.747. The van der Waals surface area contributed by atoms with E-state index in [0.29, 0.717) is 6.04 Å². The molecule has 1 heterocycles. The summed E-state index contributed by atoms with van der Waals surface area (Å²) in [5.74, 6) is 0. The van der Waals surface area contributed by atoms with Crippen molar-refractivity contribution >= 4 is 7.12 Å². The molecule has 0 unspecified atom stereocenters. The monoisotopic (exact) mass is 237 g/mol. The van der Waals surface area contributed by atoms with E-state index in [1.165, 1.54) is 18.3 Å². The van der Waals surface area contributed by atoms with Gasteiger partial charge in [-0.1, -0.05) is 6.08 Å². The highest BCUT2D eigenvalue weighted by atomic mass is 16.7. The van der Waals surface area contributed by atoms with E-state index in [0.717, 1.165) is 6.42 Å². The SMILES string of the molecule is CN[C@@H]1C=C(B2OC(C)(C)C(C)(C)O2)CCC1. The van der Waals surface area contributed by atoms with Gasteiger partial charge in [0, 0.05) is 6.04 Å². The highest BCUT2D eigenvalue weighted by molar-refractivity contribution is 6.54. The summed E-state index contributed by atoms with van der Waals surface area (Å²) in [6, 6.07) is 0.470. The van der Waals surface area contributed by atoms with Gasteiger partial charge in [0.2, 0.25) is 0 Å². The van der Waals surface area contributed by atoms with Crippen molar-refractivity contribution in [3.05, 3.63) is 11.5 Å². The molecule has 17 heavy (non-hydrogen) atoms. The molecule has 0 saturated carbocycles. The number of likely N-dealkylation sites (N-methyl/N-ethyl adjacent to an activating group) is 1. The first-order chi connectivity index (χ1) is 7.86. The summed E-state index contributed by atoms with van der Waals surface area (Å²) in [7, 11) is 1.85. The molecule has 1 fully saturated rings. The van der Waals surface area contributed by atoms with Crippen molar-refractivity contribution in [3.63, 3.8) is 0 Å².